The largest absolute Gasteiger partial charge is 0.466 e. The van der Waals surface area contributed by atoms with Gasteiger partial charge in [-0.25, -0.2) is 4.98 Å². The van der Waals surface area contributed by atoms with Crippen molar-refractivity contribution in [3.63, 3.8) is 0 Å². The Morgan fingerprint density at radius 2 is 1.96 bits per heavy atom. The fourth-order valence-corrected chi connectivity index (χ4v) is 3.97. The standard InChI is InChI=1S/C19H18ClNO2S/c1-4-23-17(22)10-15-11(2)9-16-19(24-12(3)21-16)18(15)13-5-7-14(20)8-6-13/h5-9H,4,10H2,1-3H3. The van der Waals surface area contributed by atoms with Crippen LogP contribution in [0, 0.1) is 13.8 Å². The maximum Gasteiger partial charge on any atom is 0.310 e. The molecule has 0 atom stereocenters. The van der Waals surface area contributed by atoms with Crippen LogP contribution in [0.2, 0.25) is 5.02 Å². The minimum atomic E-state index is -0.212. The van der Waals surface area contributed by atoms with Gasteiger partial charge in [-0.3, -0.25) is 4.79 Å². The topological polar surface area (TPSA) is 39.2 Å². The average molecular weight is 360 g/mol. The van der Waals surface area contributed by atoms with Crippen LogP contribution in [0.3, 0.4) is 0 Å². The molecule has 0 spiro atoms. The molecule has 1 aromatic heterocycles. The molecule has 0 amide bonds. The van der Waals surface area contributed by atoms with Gasteiger partial charge in [-0.15, -0.1) is 11.3 Å². The minimum Gasteiger partial charge on any atom is -0.466 e. The predicted molar refractivity (Wildman–Crippen MR) is 99.9 cm³/mol. The Labute approximate surface area is 150 Å². The lowest BCUT2D eigenvalue weighted by atomic mass is 9.93. The number of carbonyl (C=O) groups is 1. The van der Waals surface area contributed by atoms with E-state index in [2.05, 4.69) is 4.98 Å². The van der Waals surface area contributed by atoms with E-state index in [1.54, 1.807) is 11.3 Å². The third-order valence-electron chi connectivity index (χ3n) is 3.88. The molecule has 0 aliphatic heterocycles. The molecule has 0 unspecified atom stereocenters. The molecule has 5 heteroatoms. The molecule has 0 N–H and O–H groups in total. The highest BCUT2D eigenvalue weighted by Crippen LogP contribution is 2.38. The van der Waals surface area contributed by atoms with E-state index < -0.39 is 0 Å². The van der Waals surface area contributed by atoms with Crippen molar-refractivity contribution in [1.82, 2.24) is 4.98 Å². The Kier molecular flexibility index (Phi) is 4.88. The Bertz CT molecular complexity index is 900. The van der Waals surface area contributed by atoms with Gasteiger partial charge in [0.15, 0.2) is 0 Å². The third-order valence-corrected chi connectivity index (χ3v) is 5.13. The van der Waals surface area contributed by atoms with Crippen molar-refractivity contribution in [2.75, 3.05) is 6.61 Å². The molecular weight excluding hydrogens is 342 g/mol. The first-order chi connectivity index (χ1) is 11.5. The fraction of sp³-hybridized carbons (Fsp3) is 0.263. The normalized spacial score (nSPS) is 11.0. The summed E-state index contributed by atoms with van der Waals surface area (Å²) in [5.41, 5.74) is 5.10. The Morgan fingerprint density at radius 1 is 1.25 bits per heavy atom. The number of carbonyl (C=O) groups excluding carboxylic acids is 1. The molecule has 0 bridgehead atoms. The van der Waals surface area contributed by atoms with Crippen LogP contribution >= 0.6 is 22.9 Å². The molecule has 3 rings (SSSR count). The van der Waals surface area contributed by atoms with Crippen molar-refractivity contribution in [1.29, 1.82) is 0 Å². The van der Waals surface area contributed by atoms with E-state index in [-0.39, 0.29) is 12.4 Å². The second-order valence-corrected chi connectivity index (χ2v) is 7.26. The lowest BCUT2D eigenvalue weighted by Gasteiger charge is -2.14. The number of thiazole rings is 1. The van der Waals surface area contributed by atoms with Crippen molar-refractivity contribution in [3.8, 4) is 11.1 Å². The van der Waals surface area contributed by atoms with Gasteiger partial charge in [0.1, 0.15) is 0 Å². The molecule has 0 aliphatic rings. The molecule has 0 fully saturated rings. The zero-order valence-electron chi connectivity index (χ0n) is 13.9. The molecule has 2 aromatic carbocycles. The zero-order chi connectivity index (χ0) is 17.3. The predicted octanol–water partition coefficient (Wildman–Crippen LogP) is 5.34. The van der Waals surface area contributed by atoms with Gasteiger partial charge < -0.3 is 4.74 Å². The van der Waals surface area contributed by atoms with Gasteiger partial charge in [-0.2, -0.15) is 0 Å². The summed E-state index contributed by atoms with van der Waals surface area (Å²) in [5, 5.41) is 1.70. The van der Waals surface area contributed by atoms with Gasteiger partial charge in [0, 0.05) is 10.6 Å². The van der Waals surface area contributed by atoms with Gasteiger partial charge in [0.25, 0.3) is 0 Å². The number of aromatic nitrogens is 1. The zero-order valence-corrected chi connectivity index (χ0v) is 15.4. The maximum absolute atomic E-state index is 12.1. The summed E-state index contributed by atoms with van der Waals surface area (Å²) in [6.45, 7) is 6.22. The van der Waals surface area contributed by atoms with Crippen molar-refractivity contribution >= 4 is 39.1 Å². The minimum absolute atomic E-state index is 0.212. The second-order valence-electron chi connectivity index (χ2n) is 5.62. The van der Waals surface area contributed by atoms with Crippen molar-refractivity contribution < 1.29 is 9.53 Å². The number of benzene rings is 2. The maximum atomic E-state index is 12.1. The van der Waals surface area contributed by atoms with E-state index >= 15 is 0 Å². The summed E-state index contributed by atoms with van der Waals surface area (Å²) in [7, 11) is 0. The molecule has 1 heterocycles. The van der Waals surface area contributed by atoms with E-state index in [4.69, 9.17) is 16.3 Å². The molecule has 124 valence electrons. The fourth-order valence-electron chi connectivity index (χ4n) is 2.85. The number of hydrogen-bond donors (Lipinski definition) is 0. The molecular formula is C19H18ClNO2S. The first-order valence-electron chi connectivity index (χ1n) is 7.80. The summed E-state index contributed by atoms with van der Waals surface area (Å²) in [4.78, 5) is 16.7. The van der Waals surface area contributed by atoms with Gasteiger partial charge in [0.05, 0.1) is 28.3 Å². The molecule has 0 saturated carbocycles. The van der Waals surface area contributed by atoms with Gasteiger partial charge >= 0.3 is 5.97 Å². The number of fused-ring (bicyclic) bond motifs is 1. The number of esters is 1. The van der Waals surface area contributed by atoms with Crippen LogP contribution in [0.4, 0.5) is 0 Å². The highest BCUT2D eigenvalue weighted by Gasteiger charge is 2.18. The quantitative estimate of drug-likeness (QED) is 0.590. The van der Waals surface area contributed by atoms with Crippen molar-refractivity contribution in [2.45, 2.75) is 27.2 Å². The van der Waals surface area contributed by atoms with E-state index in [9.17, 15) is 4.79 Å². The van der Waals surface area contributed by atoms with E-state index in [1.807, 2.05) is 51.1 Å². The summed E-state index contributed by atoms with van der Waals surface area (Å²) in [6.07, 6.45) is 0.254. The van der Waals surface area contributed by atoms with E-state index in [0.29, 0.717) is 11.6 Å². The van der Waals surface area contributed by atoms with Crippen LogP contribution in [-0.4, -0.2) is 17.6 Å². The van der Waals surface area contributed by atoms with Crippen LogP contribution < -0.4 is 0 Å². The first-order valence-corrected chi connectivity index (χ1v) is 9.00. The number of aryl methyl sites for hydroxylation is 2. The Hall–Kier alpha value is -1.91. The van der Waals surface area contributed by atoms with Gasteiger partial charge in [-0.1, -0.05) is 23.7 Å². The SMILES string of the molecule is CCOC(=O)Cc1c(C)cc2nc(C)sc2c1-c1ccc(Cl)cc1. The molecule has 3 aromatic rings. The smallest absolute Gasteiger partial charge is 0.310 e. The number of ether oxygens (including phenoxy) is 1. The van der Waals surface area contributed by atoms with E-state index in [1.165, 1.54) is 0 Å². The summed E-state index contributed by atoms with van der Waals surface area (Å²) < 4.78 is 6.25. The molecule has 3 nitrogen and oxygen atoms in total. The van der Waals surface area contributed by atoms with Gasteiger partial charge in [-0.05, 0) is 55.7 Å². The van der Waals surface area contributed by atoms with Crippen LogP contribution in [0.25, 0.3) is 21.3 Å². The number of nitrogens with zero attached hydrogens (tertiary/aromatic N) is 1. The van der Waals surface area contributed by atoms with E-state index in [0.717, 1.165) is 37.5 Å². The molecule has 0 radical (unpaired) electrons. The lowest BCUT2D eigenvalue weighted by Crippen LogP contribution is -2.09. The lowest BCUT2D eigenvalue weighted by molar-refractivity contribution is -0.142. The van der Waals surface area contributed by atoms with Crippen LogP contribution in [-0.2, 0) is 16.0 Å². The summed E-state index contributed by atoms with van der Waals surface area (Å²) in [5.74, 6) is -0.212. The number of rotatable bonds is 4. The average Bonchev–Trinajstić information content (AvgIpc) is 2.89. The van der Waals surface area contributed by atoms with Crippen molar-refractivity contribution in [3.05, 3.63) is 51.5 Å². The molecule has 24 heavy (non-hydrogen) atoms. The van der Waals surface area contributed by atoms with Crippen LogP contribution in [0.1, 0.15) is 23.1 Å². The summed E-state index contributed by atoms with van der Waals surface area (Å²) >= 11 is 7.68. The number of hydrogen-bond acceptors (Lipinski definition) is 4. The first kappa shape index (κ1) is 16.9. The second kappa shape index (κ2) is 6.91. The van der Waals surface area contributed by atoms with Crippen molar-refractivity contribution in [2.24, 2.45) is 0 Å². The Morgan fingerprint density at radius 3 is 2.62 bits per heavy atom. The number of halogens is 1. The highest BCUT2D eigenvalue weighted by atomic mass is 35.5. The van der Waals surface area contributed by atoms with Crippen LogP contribution in [0.15, 0.2) is 30.3 Å². The van der Waals surface area contributed by atoms with Gasteiger partial charge in [0.2, 0.25) is 0 Å². The Balaban J connectivity index is 2.24. The highest BCUT2D eigenvalue weighted by molar-refractivity contribution is 7.19. The summed E-state index contributed by atoms with van der Waals surface area (Å²) in [6, 6.07) is 9.76. The molecule has 0 aliphatic carbocycles. The third kappa shape index (κ3) is 3.30. The monoisotopic (exact) mass is 359 g/mol. The van der Waals surface area contributed by atoms with Crippen LogP contribution in [0.5, 0.6) is 0 Å². The molecule has 0 saturated heterocycles.